The maximum atomic E-state index is 13.3. The summed E-state index contributed by atoms with van der Waals surface area (Å²) in [7, 11) is 0. The number of aromatic nitrogens is 3. The summed E-state index contributed by atoms with van der Waals surface area (Å²) in [6, 6.07) is 10.0. The molecule has 0 unspecified atom stereocenters. The van der Waals surface area contributed by atoms with Crippen molar-refractivity contribution in [1.29, 1.82) is 0 Å². The number of piperidine rings is 1. The van der Waals surface area contributed by atoms with E-state index in [-0.39, 0.29) is 17.6 Å². The Hall–Kier alpha value is -3.29. The highest BCUT2D eigenvalue weighted by Crippen LogP contribution is 2.30. The second kappa shape index (κ2) is 9.02. The van der Waals surface area contributed by atoms with Crippen LogP contribution in [0.15, 0.2) is 47.1 Å². The number of rotatable bonds is 6. The van der Waals surface area contributed by atoms with Gasteiger partial charge in [0.05, 0.1) is 11.5 Å². The Morgan fingerprint density at radius 2 is 2.23 bits per heavy atom. The first-order valence-corrected chi connectivity index (χ1v) is 10.2. The first-order chi connectivity index (χ1) is 14.6. The van der Waals surface area contributed by atoms with Gasteiger partial charge in [0.2, 0.25) is 17.6 Å². The van der Waals surface area contributed by atoms with Crippen LogP contribution in [0, 0.1) is 11.7 Å². The molecule has 1 aliphatic heterocycles. The average molecular weight is 409 g/mol. The Kier molecular flexibility index (Phi) is 6.02. The average Bonchev–Trinajstić information content (AvgIpc) is 3.27. The smallest absolute Gasteiger partial charge is 0.226 e. The maximum Gasteiger partial charge on any atom is 0.226 e. The van der Waals surface area contributed by atoms with Crippen molar-refractivity contribution in [3.63, 3.8) is 0 Å². The van der Waals surface area contributed by atoms with Crippen LogP contribution in [-0.4, -0.2) is 34.1 Å². The van der Waals surface area contributed by atoms with E-state index in [2.05, 4.69) is 25.3 Å². The highest BCUT2D eigenvalue weighted by atomic mass is 19.1. The monoisotopic (exact) mass is 409 g/mol. The summed E-state index contributed by atoms with van der Waals surface area (Å²) >= 11 is 0. The van der Waals surface area contributed by atoms with E-state index >= 15 is 0 Å². The molecule has 2 aromatic heterocycles. The van der Waals surface area contributed by atoms with Gasteiger partial charge in [0.15, 0.2) is 0 Å². The number of hydrogen-bond acceptors (Lipinski definition) is 6. The molecule has 1 atom stereocenters. The summed E-state index contributed by atoms with van der Waals surface area (Å²) in [5, 5.41) is 7.01. The van der Waals surface area contributed by atoms with Crippen molar-refractivity contribution < 1.29 is 13.7 Å². The summed E-state index contributed by atoms with van der Waals surface area (Å²) < 4.78 is 18.6. The molecule has 3 heterocycles. The van der Waals surface area contributed by atoms with E-state index in [1.165, 1.54) is 12.1 Å². The van der Waals surface area contributed by atoms with E-state index in [0.717, 1.165) is 36.3 Å². The number of amides is 1. The largest absolute Gasteiger partial charge is 0.355 e. The minimum absolute atomic E-state index is 0.0331. The van der Waals surface area contributed by atoms with E-state index in [4.69, 9.17) is 4.52 Å². The number of halogens is 1. The quantitative estimate of drug-likeness (QED) is 0.672. The molecule has 1 aliphatic rings. The molecule has 0 saturated carbocycles. The lowest BCUT2D eigenvalue weighted by Crippen LogP contribution is -2.43. The summed E-state index contributed by atoms with van der Waals surface area (Å²) in [6.45, 7) is 3.62. The third-order valence-corrected chi connectivity index (χ3v) is 5.25. The summed E-state index contributed by atoms with van der Waals surface area (Å²) in [5.41, 5.74) is 1.54. The second-order valence-electron chi connectivity index (χ2n) is 7.37. The maximum absolute atomic E-state index is 13.3. The van der Waals surface area contributed by atoms with Crippen LogP contribution in [0.3, 0.4) is 0 Å². The molecule has 7 nitrogen and oxygen atoms in total. The topological polar surface area (TPSA) is 84.2 Å². The molecule has 1 aromatic carbocycles. The fourth-order valence-corrected chi connectivity index (χ4v) is 3.70. The zero-order chi connectivity index (χ0) is 20.9. The normalized spacial score (nSPS) is 16.5. The van der Waals surface area contributed by atoms with Crippen LogP contribution in [-0.2, 0) is 17.8 Å². The van der Waals surface area contributed by atoms with Crippen molar-refractivity contribution in [3.05, 3.63) is 59.9 Å². The van der Waals surface area contributed by atoms with Crippen LogP contribution < -0.4 is 10.2 Å². The molecule has 1 N–H and O–H groups in total. The van der Waals surface area contributed by atoms with Crippen LogP contribution in [0.5, 0.6) is 0 Å². The third kappa shape index (κ3) is 4.48. The van der Waals surface area contributed by atoms with Gasteiger partial charge < -0.3 is 14.7 Å². The molecule has 30 heavy (non-hydrogen) atoms. The molecule has 8 heteroatoms. The number of nitrogens with one attached hydrogen (secondary N) is 1. The van der Waals surface area contributed by atoms with Gasteiger partial charge in [-0.25, -0.2) is 9.37 Å². The van der Waals surface area contributed by atoms with E-state index in [1.54, 1.807) is 18.3 Å². The van der Waals surface area contributed by atoms with Gasteiger partial charge in [-0.2, -0.15) is 4.98 Å². The molecule has 1 fully saturated rings. The molecule has 1 saturated heterocycles. The second-order valence-corrected chi connectivity index (χ2v) is 7.37. The predicted molar refractivity (Wildman–Crippen MR) is 110 cm³/mol. The van der Waals surface area contributed by atoms with Gasteiger partial charge in [-0.1, -0.05) is 24.2 Å². The van der Waals surface area contributed by atoms with Crippen LogP contribution >= 0.6 is 0 Å². The van der Waals surface area contributed by atoms with Gasteiger partial charge >= 0.3 is 0 Å². The minimum Gasteiger partial charge on any atom is -0.355 e. The number of carbonyl (C=O) groups excluding carboxylic acids is 1. The van der Waals surface area contributed by atoms with Crippen LogP contribution in [0.4, 0.5) is 10.2 Å². The van der Waals surface area contributed by atoms with Gasteiger partial charge in [-0.15, -0.1) is 0 Å². The van der Waals surface area contributed by atoms with Crippen molar-refractivity contribution in [1.82, 2.24) is 20.4 Å². The zero-order valence-corrected chi connectivity index (χ0v) is 16.8. The fourth-order valence-electron chi connectivity index (χ4n) is 3.70. The van der Waals surface area contributed by atoms with Crippen LogP contribution in [0.25, 0.3) is 11.4 Å². The highest BCUT2D eigenvalue weighted by Gasteiger charge is 2.28. The van der Waals surface area contributed by atoms with Crippen molar-refractivity contribution in [3.8, 4) is 11.4 Å². The Balaban J connectivity index is 1.46. The highest BCUT2D eigenvalue weighted by molar-refractivity contribution is 5.80. The molecule has 0 spiro atoms. The van der Waals surface area contributed by atoms with Crippen LogP contribution in [0.1, 0.15) is 31.2 Å². The Morgan fingerprint density at radius 3 is 3.03 bits per heavy atom. The van der Waals surface area contributed by atoms with Gasteiger partial charge in [-0.05, 0) is 42.7 Å². The Labute approximate surface area is 174 Å². The molecule has 156 valence electrons. The van der Waals surface area contributed by atoms with E-state index in [1.807, 2.05) is 19.1 Å². The molecule has 0 bridgehead atoms. The first-order valence-electron chi connectivity index (χ1n) is 10.2. The third-order valence-electron chi connectivity index (χ3n) is 5.25. The molecule has 3 aromatic rings. The van der Waals surface area contributed by atoms with E-state index in [9.17, 15) is 9.18 Å². The van der Waals surface area contributed by atoms with Gasteiger partial charge in [0.25, 0.3) is 0 Å². The SMILES string of the molecule is CCc1nc(-c2cccnc2N2CCC[C@H](C(=O)NCc3cccc(F)c3)C2)no1. The predicted octanol–water partition coefficient (Wildman–Crippen LogP) is 3.37. The zero-order valence-electron chi connectivity index (χ0n) is 16.8. The van der Waals surface area contributed by atoms with Crippen molar-refractivity contribution in [2.24, 2.45) is 5.92 Å². The van der Waals surface area contributed by atoms with Crippen molar-refractivity contribution >= 4 is 11.7 Å². The number of aryl methyl sites for hydroxylation is 1. The molecule has 4 rings (SSSR count). The summed E-state index contributed by atoms with van der Waals surface area (Å²) in [5.74, 6) is 1.33. The molecule has 0 radical (unpaired) electrons. The molecular weight excluding hydrogens is 385 g/mol. The summed E-state index contributed by atoms with van der Waals surface area (Å²) in [6.07, 6.45) is 4.07. The lowest BCUT2D eigenvalue weighted by molar-refractivity contribution is -0.125. The van der Waals surface area contributed by atoms with Gasteiger partial charge in [-0.3, -0.25) is 4.79 Å². The van der Waals surface area contributed by atoms with E-state index in [0.29, 0.717) is 31.2 Å². The molecule has 0 aliphatic carbocycles. The van der Waals surface area contributed by atoms with Crippen molar-refractivity contribution in [2.45, 2.75) is 32.7 Å². The number of hydrogen-bond donors (Lipinski definition) is 1. The van der Waals surface area contributed by atoms with Gasteiger partial charge in [0.1, 0.15) is 11.6 Å². The fraction of sp³-hybridized carbons (Fsp3) is 0.364. The number of anilines is 1. The lowest BCUT2D eigenvalue weighted by atomic mass is 9.96. The number of benzene rings is 1. The number of carbonyl (C=O) groups is 1. The van der Waals surface area contributed by atoms with Gasteiger partial charge in [0, 0.05) is 32.3 Å². The van der Waals surface area contributed by atoms with Crippen molar-refractivity contribution in [2.75, 3.05) is 18.0 Å². The van der Waals surface area contributed by atoms with Crippen LogP contribution in [0.2, 0.25) is 0 Å². The lowest BCUT2D eigenvalue weighted by Gasteiger charge is -2.33. The molecule has 1 amide bonds. The summed E-state index contributed by atoms with van der Waals surface area (Å²) in [4.78, 5) is 23.8. The first kappa shape index (κ1) is 20.0. The molecular formula is C22H24FN5O2. The Morgan fingerprint density at radius 1 is 1.33 bits per heavy atom. The minimum atomic E-state index is -0.305. The Bertz CT molecular complexity index is 1020. The van der Waals surface area contributed by atoms with E-state index < -0.39 is 0 Å². The number of nitrogens with zero attached hydrogens (tertiary/aromatic N) is 4. The standard InChI is InChI=1S/C22H24FN5O2/c1-2-19-26-20(27-30-19)18-9-4-10-24-21(18)28-11-5-7-16(14-28)22(29)25-13-15-6-3-8-17(23)12-15/h3-4,6,8-10,12,16H,2,5,7,11,13-14H2,1H3,(H,25,29)/t16-/m0/s1. The number of pyridine rings is 1.